The first-order chi connectivity index (χ1) is 9.24. The van der Waals surface area contributed by atoms with Crippen molar-refractivity contribution in [1.82, 2.24) is 5.32 Å². The van der Waals surface area contributed by atoms with Gasteiger partial charge in [0.2, 0.25) is 5.91 Å². The number of aliphatic hydroxyl groups excluding tert-OH is 3. The fourth-order valence-corrected chi connectivity index (χ4v) is 1.43. The summed E-state index contributed by atoms with van der Waals surface area (Å²) in [6, 6.07) is -1.37. The van der Waals surface area contributed by atoms with Crippen molar-refractivity contribution in [2.75, 3.05) is 6.61 Å². The molecule has 5 N–H and O–H groups in total. The van der Waals surface area contributed by atoms with Crippen LogP contribution < -0.4 is 5.32 Å². The average molecular weight is 293 g/mol. The van der Waals surface area contributed by atoms with Gasteiger partial charge in [-0.25, -0.2) is 4.79 Å². The predicted octanol–water partition coefficient (Wildman–Crippen LogP) is -2.74. The van der Waals surface area contributed by atoms with Gasteiger partial charge < -0.3 is 35.3 Å². The van der Waals surface area contributed by atoms with Crippen LogP contribution in [0.3, 0.4) is 0 Å². The van der Waals surface area contributed by atoms with Crippen molar-refractivity contribution in [1.29, 1.82) is 0 Å². The number of carboxylic acids is 1. The molecule has 9 heteroatoms. The highest BCUT2D eigenvalue weighted by Gasteiger charge is 2.36. The molecule has 0 aliphatic rings. The van der Waals surface area contributed by atoms with E-state index in [1.54, 1.807) is 0 Å². The van der Waals surface area contributed by atoms with Crippen molar-refractivity contribution in [3.8, 4) is 0 Å². The molecule has 0 aliphatic heterocycles. The number of aliphatic carboxylic acids is 1. The van der Waals surface area contributed by atoms with E-state index in [9.17, 15) is 24.6 Å². The number of aliphatic hydroxyl groups is 3. The van der Waals surface area contributed by atoms with E-state index in [4.69, 9.17) is 14.9 Å². The summed E-state index contributed by atoms with van der Waals surface area (Å²) in [5.74, 6) is -1.96. The van der Waals surface area contributed by atoms with Crippen molar-refractivity contribution >= 4 is 18.2 Å². The van der Waals surface area contributed by atoms with Gasteiger partial charge in [-0.3, -0.25) is 4.79 Å². The van der Waals surface area contributed by atoms with Crippen molar-refractivity contribution in [3.05, 3.63) is 0 Å². The molecule has 0 fully saturated rings. The second-order valence-electron chi connectivity index (χ2n) is 4.18. The SMILES string of the molecule is CC(=O)N[C@H](C=O)[C@H](O[C@H](C)C(=O)O)[C@@H](O)[C@@H](O)CO. The first-order valence-corrected chi connectivity index (χ1v) is 5.82. The van der Waals surface area contributed by atoms with Crippen LogP contribution in [0.4, 0.5) is 0 Å². The monoisotopic (exact) mass is 293 g/mol. The molecule has 0 aromatic carbocycles. The summed E-state index contributed by atoms with van der Waals surface area (Å²) in [6.07, 6.45) is -6.09. The lowest BCUT2D eigenvalue weighted by Crippen LogP contribution is -2.55. The van der Waals surface area contributed by atoms with E-state index in [-0.39, 0.29) is 6.29 Å². The number of hydrogen-bond acceptors (Lipinski definition) is 7. The topological polar surface area (TPSA) is 153 Å². The molecule has 0 aromatic heterocycles. The zero-order valence-electron chi connectivity index (χ0n) is 11.1. The van der Waals surface area contributed by atoms with Crippen LogP contribution in [-0.2, 0) is 19.1 Å². The van der Waals surface area contributed by atoms with Gasteiger partial charge in [0.1, 0.15) is 30.6 Å². The Morgan fingerprint density at radius 1 is 1.35 bits per heavy atom. The largest absolute Gasteiger partial charge is 0.479 e. The summed E-state index contributed by atoms with van der Waals surface area (Å²) in [7, 11) is 0. The molecule has 9 nitrogen and oxygen atoms in total. The Bertz CT molecular complexity index is 347. The molecule has 20 heavy (non-hydrogen) atoms. The molecule has 0 heterocycles. The smallest absolute Gasteiger partial charge is 0.332 e. The molecule has 0 unspecified atom stereocenters. The van der Waals surface area contributed by atoms with E-state index in [0.29, 0.717) is 0 Å². The number of rotatable bonds is 9. The van der Waals surface area contributed by atoms with Crippen LogP contribution in [-0.4, -0.2) is 75.7 Å². The van der Waals surface area contributed by atoms with E-state index in [2.05, 4.69) is 5.32 Å². The van der Waals surface area contributed by atoms with E-state index >= 15 is 0 Å². The third-order valence-electron chi connectivity index (χ3n) is 2.50. The molecule has 0 saturated heterocycles. The Morgan fingerprint density at radius 2 is 1.90 bits per heavy atom. The van der Waals surface area contributed by atoms with Gasteiger partial charge in [0.05, 0.1) is 6.61 Å². The second-order valence-corrected chi connectivity index (χ2v) is 4.18. The van der Waals surface area contributed by atoms with Gasteiger partial charge in [0.25, 0.3) is 0 Å². The van der Waals surface area contributed by atoms with Crippen molar-refractivity contribution < 1.29 is 39.5 Å². The van der Waals surface area contributed by atoms with Crippen LogP contribution >= 0.6 is 0 Å². The molecule has 0 aliphatic carbocycles. The molecule has 0 spiro atoms. The third-order valence-corrected chi connectivity index (χ3v) is 2.50. The first-order valence-electron chi connectivity index (χ1n) is 5.82. The van der Waals surface area contributed by atoms with Gasteiger partial charge >= 0.3 is 5.97 Å². The lowest BCUT2D eigenvalue weighted by atomic mass is 10.0. The minimum Gasteiger partial charge on any atom is -0.479 e. The predicted molar refractivity (Wildman–Crippen MR) is 64.7 cm³/mol. The molecule has 0 radical (unpaired) electrons. The van der Waals surface area contributed by atoms with Crippen molar-refractivity contribution in [2.45, 2.75) is 44.3 Å². The molecule has 1 amide bonds. The van der Waals surface area contributed by atoms with Crippen LogP contribution in [0.2, 0.25) is 0 Å². The Morgan fingerprint density at radius 3 is 2.25 bits per heavy atom. The number of aldehydes is 1. The fourth-order valence-electron chi connectivity index (χ4n) is 1.43. The van der Waals surface area contributed by atoms with Gasteiger partial charge in [-0.2, -0.15) is 0 Å². The van der Waals surface area contributed by atoms with Gasteiger partial charge in [0.15, 0.2) is 6.10 Å². The van der Waals surface area contributed by atoms with Gasteiger partial charge in [-0.1, -0.05) is 0 Å². The average Bonchev–Trinajstić information content (AvgIpc) is 2.39. The number of carbonyl (C=O) groups is 3. The molecular formula is C11H19NO8. The van der Waals surface area contributed by atoms with Crippen LogP contribution in [0.25, 0.3) is 0 Å². The summed E-state index contributed by atoms with van der Waals surface area (Å²) in [5, 5.41) is 38.8. The lowest BCUT2D eigenvalue weighted by molar-refractivity contribution is -0.168. The number of ether oxygens (including phenoxy) is 1. The molecular weight excluding hydrogens is 274 g/mol. The summed E-state index contributed by atoms with van der Waals surface area (Å²) >= 11 is 0. The maximum absolute atomic E-state index is 11.0. The molecule has 0 aromatic rings. The van der Waals surface area contributed by atoms with Crippen LogP contribution in [0.15, 0.2) is 0 Å². The van der Waals surface area contributed by atoms with Crippen molar-refractivity contribution in [3.63, 3.8) is 0 Å². The molecule has 116 valence electrons. The maximum atomic E-state index is 11.0. The number of carbonyl (C=O) groups excluding carboxylic acids is 2. The third kappa shape index (κ3) is 5.61. The molecule has 0 bridgehead atoms. The van der Waals surface area contributed by atoms with E-state index in [1.165, 1.54) is 0 Å². The quantitative estimate of drug-likeness (QED) is 0.287. The van der Waals surface area contributed by atoms with E-state index < -0.39 is 48.9 Å². The molecule has 0 rings (SSSR count). The summed E-state index contributed by atoms with van der Waals surface area (Å²) in [6.45, 7) is 1.44. The number of amides is 1. The van der Waals surface area contributed by atoms with Crippen LogP contribution in [0.1, 0.15) is 13.8 Å². The molecule has 0 saturated carbocycles. The van der Waals surface area contributed by atoms with E-state index in [0.717, 1.165) is 13.8 Å². The molecule has 5 atom stereocenters. The number of carboxylic acid groups (broad SMARTS) is 1. The second kappa shape index (κ2) is 8.59. The summed E-state index contributed by atoms with van der Waals surface area (Å²) in [5.41, 5.74) is 0. The minimum atomic E-state index is -1.76. The standard InChI is InChI=1S/C11H19NO8/c1-5(11(18)19)20-10(9(17)8(16)4-14)7(3-13)12-6(2)15/h3,5,7-10,14,16-17H,4H2,1-2H3,(H,12,15)(H,18,19)/t5-,7-,8+,9+,10+/m1/s1. The maximum Gasteiger partial charge on any atom is 0.332 e. The van der Waals surface area contributed by atoms with E-state index in [1.807, 2.05) is 0 Å². The highest BCUT2D eigenvalue weighted by Crippen LogP contribution is 2.12. The van der Waals surface area contributed by atoms with Gasteiger partial charge in [-0.15, -0.1) is 0 Å². The fraction of sp³-hybridized carbons (Fsp3) is 0.727. The van der Waals surface area contributed by atoms with Crippen molar-refractivity contribution in [2.24, 2.45) is 0 Å². The lowest BCUT2D eigenvalue weighted by Gasteiger charge is -2.31. The normalized spacial score (nSPS) is 18.4. The zero-order chi connectivity index (χ0) is 15.9. The zero-order valence-corrected chi connectivity index (χ0v) is 11.1. The highest BCUT2D eigenvalue weighted by atomic mass is 16.5. The highest BCUT2D eigenvalue weighted by molar-refractivity contribution is 5.77. The Kier molecular flexibility index (Phi) is 7.92. The minimum absolute atomic E-state index is 0.244. The van der Waals surface area contributed by atoms with Gasteiger partial charge in [0, 0.05) is 6.92 Å². The van der Waals surface area contributed by atoms with Gasteiger partial charge in [-0.05, 0) is 6.92 Å². The summed E-state index contributed by atoms with van der Waals surface area (Å²) in [4.78, 5) is 32.7. The Hall–Kier alpha value is -1.55. The van der Waals surface area contributed by atoms with Crippen LogP contribution in [0.5, 0.6) is 0 Å². The van der Waals surface area contributed by atoms with Crippen LogP contribution in [0, 0.1) is 0 Å². The first kappa shape index (κ1) is 18.4. The Balaban J connectivity index is 5.15. The number of nitrogens with one attached hydrogen (secondary N) is 1. The summed E-state index contributed by atoms with van der Waals surface area (Å²) < 4.78 is 4.98. The Labute approximate surface area is 115 Å². The number of hydrogen-bond donors (Lipinski definition) is 5.